The number of imidazole rings is 1. The summed E-state index contributed by atoms with van der Waals surface area (Å²) in [5.74, 6) is 1.16. The van der Waals surface area contributed by atoms with Crippen molar-refractivity contribution in [2.24, 2.45) is 11.1 Å². The molecule has 0 aromatic carbocycles. The second-order valence-electron chi connectivity index (χ2n) is 6.23. The molecule has 0 bridgehead atoms. The third-order valence-electron chi connectivity index (χ3n) is 3.88. The van der Waals surface area contributed by atoms with Crippen LogP contribution in [-0.2, 0) is 13.0 Å². The molecule has 2 heterocycles. The molecule has 0 amide bonds. The van der Waals surface area contributed by atoms with E-state index < -0.39 is 0 Å². The summed E-state index contributed by atoms with van der Waals surface area (Å²) in [5.41, 5.74) is 7.99. The molecule has 0 unspecified atom stereocenters. The summed E-state index contributed by atoms with van der Waals surface area (Å²) in [5, 5.41) is 0. The number of rotatable bonds is 7. The van der Waals surface area contributed by atoms with Crippen LogP contribution in [0.5, 0.6) is 0 Å². The second-order valence-corrected chi connectivity index (χ2v) is 6.23. The molecule has 20 heavy (non-hydrogen) atoms. The van der Waals surface area contributed by atoms with E-state index in [1.807, 2.05) is 18.3 Å². The van der Waals surface area contributed by atoms with E-state index >= 15 is 0 Å². The van der Waals surface area contributed by atoms with E-state index in [0.29, 0.717) is 0 Å². The third-order valence-corrected chi connectivity index (χ3v) is 3.88. The maximum absolute atomic E-state index is 5.69. The molecule has 2 aromatic heterocycles. The van der Waals surface area contributed by atoms with Crippen molar-refractivity contribution in [3.63, 3.8) is 0 Å². The number of aromatic nitrogens is 3. The first-order valence-electron chi connectivity index (χ1n) is 7.57. The highest BCUT2D eigenvalue weighted by molar-refractivity contribution is 5.71. The molecular formula is C16H26N4. The lowest BCUT2D eigenvalue weighted by Crippen LogP contribution is -2.19. The van der Waals surface area contributed by atoms with Crippen LogP contribution in [0.2, 0.25) is 0 Å². The zero-order chi connectivity index (χ0) is 14.6. The number of nitrogens with two attached hydrogens (primary N) is 1. The molecule has 0 aliphatic carbocycles. The zero-order valence-corrected chi connectivity index (χ0v) is 12.9. The molecule has 0 saturated carbocycles. The van der Waals surface area contributed by atoms with E-state index in [0.717, 1.165) is 55.8 Å². The van der Waals surface area contributed by atoms with E-state index in [9.17, 15) is 0 Å². The summed E-state index contributed by atoms with van der Waals surface area (Å²) >= 11 is 0. The maximum atomic E-state index is 5.69. The van der Waals surface area contributed by atoms with Crippen molar-refractivity contribution in [3.05, 3.63) is 24.2 Å². The van der Waals surface area contributed by atoms with Crippen LogP contribution in [0.1, 0.15) is 45.9 Å². The van der Waals surface area contributed by atoms with E-state index in [1.165, 1.54) is 0 Å². The van der Waals surface area contributed by atoms with E-state index in [2.05, 4.69) is 30.3 Å². The van der Waals surface area contributed by atoms with Crippen molar-refractivity contribution in [1.82, 2.24) is 14.5 Å². The van der Waals surface area contributed by atoms with Gasteiger partial charge in [-0.25, -0.2) is 9.97 Å². The first-order chi connectivity index (χ1) is 9.57. The van der Waals surface area contributed by atoms with Crippen LogP contribution in [0, 0.1) is 5.41 Å². The Hall–Kier alpha value is -1.42. The Balaban J connectivity index is 2.22. The Kier molecular flexibility index (Phi) is 4.76. The van der Waals surface area contributed by atoms with Crippen molar-refractivity contribution in [2.75, 3.05) is 6.54 Å². The lowest BCUT2D eigenvalue weighted by Gasteiger charge is -2.23. The Morgan fingerprint density at radius 1 is 1.30 bits per heavy atom. The molecule has 0 aliphatic heterocycles. The minimum absolute atomic E-state index is 0.275. The smallest absolute Gasteiger partial charge is 0.159 e. The van der Waals surface area contributed by atoms with Gasteiger partial charge in [-0.05, 0) is 43.4 Å². The van der Waals surface area contributed by atoms with Crippen molar-refractivity contribution in [3.8, 4) is 0 Å². The lowest BCUT2D eigenvalue weighted by atomic mass is 9.84. The summed E-state index contributed by atoms with van der Waals surface area (Å²) in [7, 11) is 0. The van der Waals surface area contributed by atoms with Crippen molar-refractivity contribution in [1.29, 1.82) is 0 Å². The summed E-state index contributed by atoms with van der Waals surface area (Å²) in [6.45, 7) is 8.49. The molecule has 0 atom stereocenters. The standard InChI is InChI=1S/C16H26N4/c1-4-12-20-14(7-8-16(2,3)9-10-17)19-13-6-5-11-18-15(13)20/h5-6,11H,4,7-10,12,17H2,1-3H3. The number of pyridine rings is 1. The summed E-state index contributed by atoms with van der Waals surface area (Å²) in [4.78, 5) is 9.25. The monoisotopic (exact) mass is 274 g/mol. The van der Waals surface area contributed by atoms with Crippen LogP contribution < -0.4 is 5.73 Å². The molecule has 0 spiro atoms. The van der Waals surface area contributed by atoms with Gasteiger partial charge in [0.25, 0.3) is 0 Å². The first-order valence-corrected chi connectivity index (χ1v) is 7.57. The highest BCUT2D eigenvalue weighted by Gasteiger charge is 2.19. The van der Waals surface area contributed by atoms with Crippen LogP contribution in [0.25, 0.3) is 11.2 Å². The molecule has 110 valence electrons. The van der Waals surface area contributed by atoms with Crippen LogP contribution >= 0.6 is 0 Å². The van der Waals surface area contributed by atoms with Gasteiger partial charge in [0.2, 0.25) is 0 Å². The Morgan fingerprint density at radius 3 is 2.80 bits per heavy atom. The predicted octanol–water partition coefficient (Wildman–Crippen LogP) is 3.15. The average Bonchev–Trinajstić information content (AvgIpc) is 2.76. The Labute approximate surface area is 121 Å². The Bertz CT molecular complexity index is 557. The van der Waals surface area contributed by atoms with Crippen LogP contribution in [0.3, 0.4) is 0 Å². The fourth-order valence-corrected chi connectivity index (χ4v) is 2.62. The van der Waals surface area contributed by atoms with Gasteiger partial charge >= 0.3 is 0 Å². The molecule has 4 nitrogen and oxygen atoms in total. The highest BCUT2D eigenvalue weighted by atomic mass is 15.1. The highest BCUT2D eigenvalue weighted by Crippen LogP contribution is 2.27. The fourth-order valence-electron chi connectivity index (χ4n) is 2.62. The van der Waals surface area contributed by atoms with Gasteiger partial charge in [0.05, 0.1) is 0 Å². The summed E-state index contributed by atoms with van der Waals surface area (Å²) in [6.07, 6.45) is 6.10. The number of aryl methyl sites for hydroxylation is 2. The molecule has 4 heteroatoms. The van der Waals surface area contributed by atoms with Crippen molar-refractivity contribution >= 4 is 11.2 Å². The SMILES string of the molecule is CCCn1c(CCC(C)(C)CCN)nc2cccnc21. The number of fused-ring (bicyclic) bond motifs is 1. The minimum Gasteiger partial charge on any atom is -0.330 e. The quantitative estimate of drug-likeness (QED) is 0.843. The van der Waals surface area contributed by atoms with Crippen LogP contribution in [0.4, 0.5) is 0 Å². The molecule has 0 saturated heterocycles. The van der Waals surface area contributed by atoms with Gasteiger partial charge in [-0.1, -0.05) is 20.8 Å². The molecular weight excluding hydrogens is 248 g/mol. The van der Waals surface area contributed by atoms with Gasteiger partial charge in [0.15, 0.2) is 5.65 Å². The average molecular weight is 274 g/mol. The molecule has 0 aliphatic rings. The van der Waals surface area contributed by atoms with Crippen molar-refractivity contribution < 1.29 is 0 Å². The number of hydrogen-bond acceptors (Lipinski definition) is 3. The number of nitrogens with zero attached hydrogens (tertiary/aromatic N) is 3. The van der Waals surface area contributed by atoms with Gasteiger partial charge in [-0.15, -0.1) is 0 Å². The van der Waals surface area contributed by atoms with Crippen LogP contribution in [0.15, 0.2) is 18.3 Å². The second kappa shape index (κ2) is 6.35. The van der Waals surface area contributed by atoms with Gasteiger partial charge in [-0.2, -0.15) is 0 Å². The Morgan fingerprint density at radius 2 is 2.10 bits per heavy atom. The first kappa shape index (κ1) is 15.0. The summed E-state index contributed by atoms with van der Waals surface area (Å²) in [6, 6.07) is 4.00. The number of hydrogen-bond donors (Lipinski definition) is 1. The van der Waals surface area contributed by atoms with E-state index in [1.54, 1.807) is 0 Å². The van der Waals surface area contributed by atoms with Gasteiger partial charge < -0.3 is 10.3 Å². The van der Waals surface area contributed by atoms with Gasteiger partial charge in [-0.3, -0.25) is 0 Å². The molecule has 2 rings (SSSR count). The molecule has 0 radical (unpaired) electrons. The van der Waals surface area contributed by atoms with Gasteiger partial charge in [0, 0.05) is 19.2 Å². The minimum atomic E-state index is 0.275. The normalized spacial score (nSPS) is 12.2. The predicted molar refractivity (Wildman–Crippen MR) is 83.6 cm³/mol. The lowest BCUT2D eigenvalue weighted by molar-refractivity contribution is 0.309. The van der Waals surface area contributed by atoms with E-state index in [-0.39, 0.29) is 5.41 Å². The fraction of sp³-hybridized carbons (Fsp3) is 0.625. The van der Waals surface area contributed by atoms with Crippen LogP contribution in [-0.4, -0.2) is 21.1 Å². The molecule has 2 N–H and O–H groups in total. The van der Waals surface area contributed by atoms with E-state index in [4.69, 9.17) is 10.7 Å². The maximum Gasteiger partial charge on any atom is 0.159 e. The zero-order valence-electron chi connectivity index (χ0n) is 12.9. The topological polar surface area (TPSA) is 56.7 Å². The summed E-state index contributed by atoms with van der Waals surface area (Å²) < 4.78 is 2.27. The molecule has 0 fully saturated rings. The molecule has 2 aromatic rings. The third kappa shape index (κ3) is 3.37. The van der Waals surface area contributed by atoms with Crippen molar-refractivity contribution in [2.45, 2.75) is 53.0 Å². The largest absolute Gasteiger partial charge is 0.330 e. The van der Waals surface area contributed by atoms with Gasteiger partial charge in [0.1, 0.15) is 11.3 Å².